The van der Waals surface area contributed by atoms with Crippen LogP contribution in [0.15, 0.2) is 36.4 Å². The second-order valence-corrected chi connectivity index (χ2v) is 7.77. The molecule has 2 heterocycles. The number of aromatic amines is 1. The van der Waals surface area contributed by atoms with Gasteiger partial charge >= 0.3 is 0 Å². The number of likely N-dealkylation sites (tertiary alicyclic amines) is 1. The van der Waals surface area contributed by atoms with Crippen molar-refractivity contribution in [1.82, 2.24) is 14.9 Å². The average molecular weight is 428 g/mol. The standard InChI is InChI=1S/C23H26ClN3O3/c1-3-12-30-21-16(24)13-15(14-20(21)29-4-2)23(28)27-11-7-10-19(27)22-25-17-8-5-6-9-18(17)26-22/h5-6,8-9,13-14,19H,3-4,7,10-12H2,1-2H3,(H,25,26)/t19-/m1/s1. The first-order chi connectivity index (χ1) is 14.6. The number of benzene rings is 2. The lowest BCUT2D eigenvalue weighted by atomic mass is 10.1. The number of aromatic nitrogens is 2. The number of amides is 1. The highest BCUT2D eigenvalue weighted by molar-refractivity contribution is 6.32. The Balaban J connectivity index is 1.64. The van der Waals surface area contributed by atoms with Crippen LogP contribution in [-0.4, -0.2) is 40.5 Å². The maximum atomic E-state index is 13.4. The number of carbonyl (C=O) groups is 1. The van der Waals surface area contributed by atoms with Crippen LogP contribution >= 0.6 is 11.6 Å². The fraction of sp³-hybridized carbons (Fsp3) is 0.391. The van der Waals surface area contributed by atoms with Gasteiger partial charge in [-0.25, -0.2) is 4.98 Å². The molecule has 0 unspecified atom stereocenters. The summed E-state index contributed by atoms with van der Waals surface area (Å²) in [5.74, 6) is 1.73. The molecule has 0 radical (unpaired) electrons. The minimum atomic E-state index is -0.0877. The molecule has 1 N–H and O–H groups in total. The molecular weight excluding hydrogens is 402 g/mol. The third-order valence-corrected chi connectivity index (χ3v) is 5.52. The van der Waals surface area contributed by atoms with Crippen LogP contribution in [-0.2, 0) is 0 Å². The van der Waals surface area contributed by atoms with Crippen molar-refractivity contribution in [3.63, 3.8) is 0 Å². The van der Waals surface area contributed by atoms with Gasteiger partial charge in [0, 0.05) is 12.1 Å². The van der Waals surface area contributed by atoms with Gasteiger partial charge in [0.15, 0.2) is 11.5 Å². The van der Waals surface area contributed by atoms with E-state index in [1.165, 1.54) is 0 Å². The number of nitrogens with one attached hydrogen (secondary N) is 1. The Morgan fingerprint density at radius 1 is 1.27 bits per heavy atom. The zero-order valence-electron chi connectivity index (χ0n) is 17.3. The first kappa shape index (κ1) is 20.5. The number of fused-ring (bicyclic) bond motifs is 1. The van der Waals surface area contributed by atoms with Gasteiger partial charge in [-0.3, -0.25) is 4.79 Å². The fourth-order valence-electron chi connectivity index (χ4n) is 3.89. The van der Waals surface area contributed by atoms with Gasteiger partial charge in [-0.1, -0.05) is 30.7 Å². The van der Waals surface area contributed by atoms with E-state index >= 15 is 0 Å². The van der Waals surface area contributed by atoms with E-state index < -0.39 is 0 Å². The number of nitrogens with zero attached hydrogens (tertiary/aromatic N) is 2. The smallest absolute Gasteiger partial charge is 0.254 e. The third-order valence-electron chi connectivity index (χ3n) is 5.24. The highest BCUT2D eigenvalue weighted by Crippen LogP contribution is 2.39. The van der Waals surface area contributed by atoms with Crippen LogP contribution in [0.25, 0.3) is 11.0 Å². The lowest BCUT2D eigenvalue weighted by Crippen LogP contribution is -2.31. The predicted molar refractivity (Wildman–Crippen MR) is 118 cm³/mol. The molecule has 2 aromatic carbocycles. The lowest BCUT2D eigenvalue weighted by Gasteiger charge is -2.24. The summed E-state index contributed by atoms with van der Waals surface area (Å²) < 4.78 is 11.5. The van der Waals surface area contributed by atoms with Crippen LogP contribution < -0.4 is 9.47 Å². The van der Waals surface area contributed by atoms with Crippen molar-refractivity contribution < 1.29 is 14.3 Å². The van der Waals surface area contributed by atoms with Crippen molar-refractivity contribution in [3.8, 4) is 11.5 Å². The number of ether oxygens (including phenoxy) is 2. The topological polar surface area (TPSA) is 67.5 Å². The van der Waals surface area contributed by atoms with E-state index in [2.05, 4.69) is 4.98 Å². The maximum Gasteiger partial charge on any atom is 0.254 e. The molecule has 1 fully saturated rings. The van der Waals surface area contributed by atoms with Crippen molar-refractivity contribution in [3.05, 3.63) is 52.8 Å². The molecule has 0 bridgehead atoms. The molecule has 0 spiro atoms. The highest BCUT2D eigenvalue weighted by Gasteiger charge is 2.33. The molecular formula is C23H26ClN3O3. The van der Waals surface area contributed by atoms with Gasteiger partial charge < -0.3 is 19.4 Å². The van der Waals surface area contributed by atoms with Crippen LogP contribution in [0.2, 0.25) is 5.02 Å². The van der Waals surface area contributed by atoms with Gasteiger partial charge in [-0.2, -0.15) is 0 Å². The Morgan fingerprint density at radius 2 is 2.10 bits per heavy atom. The van der Waals surface area contributed by atoms with Gasteiger partial charge in [0.05, 0.1) is 35.3 Å². The Morgan fingerprint density at radius 3 is 2.87 bits per heavy atom. The number of imidazole rings is 1. The maximum absolute atomic E-state index is 13.4. The van der Waals surface area contributed by atoms with Gasteiger partial charge in [0.1, 0.15) is 5.82 Å². The Kier molecular flexibility index (Phi) is 6.13. The molecule has 1 saturated heterocycles. The zero-order valence-corrected chi connectivity index (χ0v) is 18.0. The monoisotopic (exact) mass is 427 g/mol. The number of hydrogen-bond donors (Lipinski definition) is 1. The molecule has 7 heteroatoms. The fourth-order valence-corrected chi connectivity index (χ4v) is 4.15. The van der Waals surface area contributed by atoms with Gasteiger partial charge in [0.2, 0.25) is 0 Å². The molecule has 6 nitrogen and oxygen atoms in total. The molecule has 0 aliphatic carbocycles. The molecule has 1 aliphatic heterocycles. The summed E-state index contributed by atoms with van der Waals surface area (Å²) in [5, 5.41) is 0.386. The van der Waals surface area contributed by atoms with E-state index in [4.69, 9.17) is 26.1 Å². The first-order valence-electron chi connectivity index (χ1n) is 10.5. The molecule has 0 saturated carbocycles. The highest BCUT2D eigenvalue weighted by atomic mass is 35.5. The minimum absolute atomic E-state index is 0.0807. The third kappa shape index (κ3) is 3.97. The summed E-state index contributed by atoms with van der Waals surface area (Å²) in [4.78, 5) is 23.4. The molecule has 1 amide bonds. The SMILES string of the molecule is CCCOc1c(Cl)cc(C(=O)N2CCC[C@@H]2c2nc3ccccc3[nH]2)cc1OCC. The van der Waals surface area contributed by atoms with E-state index in [0.717, 1.165) is 36.1 Å². The summed E-state index contributed by atoms with van der Waals surface area (Å²) in [6.07, 6.45) is 2.65. The first-order valence-corrected chi connectivity index (χ1v) is 10.8. The molecule has 30 heavy (non-hydrogen) atoms. The number of para-hydroxylation sites is 2. The number of rotatable bonds is 7. The predicted octanol–water partition coefficient (Wildman–Crippen LogP) is 5.38. The molecule has 3 aromatic rings. The molecule has 1 atom stereocenters. The zero-order chi connectivity index (χ0) is 21.1. The Bertz CT molecular complexity index is 1020. The molecule has 1 aliphatic rings. The molecule has 1 aromatic heterocycles. The van der Waals surface area contributed by atoms with E-state index in [1.54, 1.807) is 12.1 Å². The van der Waals surface area contributed by atoms with E-state index in [0.29, 0.717) is 41.8 Å². The van der Waals surface area contributed by atoms with Gasteiger partial charge in [-0.15, -0.1) is 0 Å². The second kappa shape index (κ2) is 8.96. The van der Waals surface area contributed by atoms with E-state index in [9.17, 15) is 4.79 Å². The van der Waals surface area contributed by atoms with E-state index in [1.807, 2.05) is 43.0 Å². The van der Waals surface area contributed by atoms with Crippen LogP contribution in [0.4, 0.5) is 0 Å². The van der Waals surface area contributed by atoms with E-state index in [-0.39, 0.29) is 11.9 Å². The number of halogens is 1. The summed E-state index contributed by atoms with van der Waals surface area (Å²) >= 11 is 6.47. The second-order valence-electron chi connectivity index (χ2n) is 7.36. The Labute approximate surface area is 181 Å². The average Bonchev–Trinajstić information content (AvgIpc) is 3.39. The van der Waals surface area contributed by atoms with Crippen molar-refractivity contribution >= 4 is 28.5 Å². The molecule has 158 valence electrons. The largest absolute Gasteiger partial charge is 0.490 e. The van der Waals surface area contributed by atoms with Crippen molar-refractivity contribution in [2.75, 3.05) is 19.8 Å². The summed E-state index contributed by atoms with van der Waals surface area (Å²) in [6.45, 7) is 5.59. The van der Waals surface area contributed by atoms with Crippen molar-refractivity contribution in [2.45, 2.75) is 39.2 Å². The van der Waals surface area contributed by atoms with Crippen LogP contribution in [0.1, 0.15) is 55.3 Å². The van der Waals surface area contributed by atoms with Crippen molar-refractivity contribution in [1.29, 1.82) is 0 Å². The normalized spacial score (nSPS) is 16.2. The summed E-state index contributed by atoms with van der Waals surface area (Å²) in [7, 11) is 0. The van der Waals surface area contributed by atoms with Gasteiger partial charge in [0.25, 0.3) is 5.91 Å². The van der Waals surface area contributed by atoms with Gasteiger partial charge in [-0.05, 0) is 50.5 Å². The van der Waals surface area contributed by atoms with Crippen molar-refractivity contribution in [2.24, 2.45) is 0 Å². The number of carbonyl (C=O) groups excluding carboxylic acids is 1. The lowest BCUT2D eigenvalue weighted by molar-refractivity contribution is 0.0730. The Hall–Kier alpha value is -2.73. The van der Waals surface area contributed by atoms with Crippen LogP contribution in [0.5, 0.6) is 11.5 Å². The quantitative estimate of drug-likeness (QED) is 0.549. The summed E-state index contributed by atoms with van der Waals surface area (Å²) in [6, 6.07) is 11.2. The number of H-pyrrole nitrogens is 1. The molecule has 4 rings (SSSR count). The van der Waals surface area contributed by atoms with Crippen LogP contribution in [0.3, 0.4) is 0 Å². The minimum Gasteiger partial charge on any atom is -0.490 e. The number of hydrogen-bond acceptors (Lipinski definition) is 4. The summed E-state index contributed by atoms with van der Waals surface area (Å²) in [5.41, 5.74) is 2.38. The van der Waals surface area contributed by atoms with Crippen LogP contribution in [0, 0.1) is 0 Å².